The summed E-state index contributed by atoms with van der Waals surface area (Å²) in [6, 6.07) is 47.9. The smallest absolute Gasteiger partial charge is 0.0623 e. The van der Waals surface area contributed by atoms with Crippen molar-refractivity contribution in [3.63, 3.8) is 0 Å². The average Bonchev–Trinajstić information content (AvgIpc) is 3.11. The van der Waals surface area contributed by atoms with Crippen LogP contribution in [0.15, 0.2) is 121 Å². The fraction of sp³-hybridized carbons (Fsp3) is 0.190. The lowest BCUT2D eigenvalue weighted by atomic mass is 10.1. The number of rotatable bonds is 1. The highest BCUT2D eigenvalue weighted by atomic mass is 28.3. The molecule has 2 aliphatic heterocycles. The molecule has 0 radical (unpaired) electrons. The van der Waals surface area contributed by atoms with Crippen LogP contribution in [0.2, 0.25) is 52.4 Å². The van der Waals surface area contributed by atoms with Crippen LogP contribution in [-0.4, -0.2) is 32.3 Å². The molecule has 4 heteroatoms. The van der Waals surface area contributed by atoms with Gasteiger partial charge in [-0.15, -0.1) is 0 Å². The minimum Gasteiger partial charge on any atom is -0.0623 e. The van der Waals surface area contributed by atoms with Gasteiger partial charge in [-0.1, -0.05) is 194 Å². The minimum atomic E-state index is -2.05. The molecule has 0 bridgehead atoms. The van der Waals surface area contributed by atoms with E-state index in [-0.39, 0.29) is 0 Å². The molecule has 2 heterocycles. The first-order chi connectivity index (χ1) is 21.8. The number of fused-ring (bicyclic) bond motifs is 5. The first-order valence-electron chi connectivity index (χ1n) is 16.9. The molecule has 6 aromatic carbocycles. The maximum Gasteiger partial charge on any atom is 0.112 e. The van der Waals surface area contributed by atoms with Crippen LogP contribution in [0.25, 0.3) is 33.0 Å². The van der Waals surface area contributed by atoms with Crippen LogP contribution in [-0.2, 0) is 0 Å². The summed E-state index contributed by atoms with van der Waals surface area (Å²) in [5.74, 6) is 0. The molecule has 0 aliphatic carbocycles. The zero-order valence-corrected chi connectivity index (χ0v) is 32.5. The SMILES string of the molecule is C[Si]1(C)c2ccccc2-c2ccccc2[Si](C)(C)c2cc(-c3ccc4c(c3)[Si](C)(C)c3cccc5cccc(c35)[Si]4(C)C)ccc21. The van der Waals surface area contributed by atoms with Crippen LogP contribution in [0.3, 0.4) is 0 Å². The van der Waals surface area contributed by atoms with Gasteiger partial charge in [-0.05, 0) is 53.8 Å². The van der Waals surface area contributed by atoms with Crippen LogP contribution in [0.4, 0.5) is 0 Å². The standard InChI is InChI=1S/C42H44Si4/c1-43(2)34-19-11-9-17-32(34)33-18-10-12-20-35(33)44(3,4)40-27-30(23-25-36(40)43)31-24-26-37-41(28-31)46(7,8)39-22-14-16-29-15-13-21-38(42(29)39)45(37,5)6/h9-28H,1-8H3. The van der Waals surface area contributed by atoms with E-state index in [9.17, 15) is 0 Å². The summed E-state index contributed by atoms with van der Waals surface area (Å²) >= 11 is 0. The van der Waals surface area contributed by atoms with Crippen LogP contribution in [0, 0.1) is 0 Å². The van der Waals surface area contributed by atoms with Crippen LogP contribution in [0.1, 0.15) is 0 Å². The number of hydrogen-bond acceptors (Lipinski definition) is 0. The monoisotopic (exact) mass is 660 g/mol. The molecule has 0 saturated carbocycles. The molecule has 0 atom stereocenters. The van der Waals surface area contributed by atoms with Crippen molar-refractivity contribution in [2.24, 2.45) is 0 Å². The normalized spacial score (nSPS) is 17.8. The molecular weight excluding hydrogens is 617 g/mol. The third kappa shape index (κ3) is 4.06. The summed E-state index contributed by atoms with van der Waals surface area (Å²) < 4.78 is 0. The van der Waals surface area contributed by atoms with Crippen molar-refractivity contribution in [3.05, 3.63) is 121 Å². The predicted molar refractivity (Wildman–Crippen MR) is 215 cm³/mol. The van der Waals surface area contributed by atoms with E-state index >= 15 is 0 Å². The Hall–Kier alpha value is -3.55. The zero-order valence-electron chi connectivity index (χ0n) is 28.5. The molecule has 228 valence electrons. The highest BCUT2D eigenvalue weighted by Crippen LogP contribution is 2.28. The van der Waals surface area contributed by atoms with Gasteiger partial charge in [0.25, 0.3) is 0 Å². The van der Waals surface area contributed by atoms with Gasteiger partial charge in [0.2, 0.25) is 0 Å². The van der Waals surface area contributed by atoms with Gasteiger partial charge in [0.1, 0.15) is 32.3 Å². The molecule has 0 unspecified atom stereocenters. The van der Waals surface area contributed by atoms with Crippen molar-refractivity contribution in [2.75, 3.05) is 0 Å². The Kier molecular flexibility index (Phi) is 6.47. The summed E-state index contributed by atoms with van der Waals surface area (Å²) in [7, 11) is -7.96. The fourth-order valence-electron chi connectivity index (χ4n) is 9.06. The molecular formula is C42H44Si4. The van der Waals surface area contributed by atoms with Crippen LogP contribution >= 0.6 is 0 Å². The zero-order chi connectivity index (χ0) is 32.2. The van der Waals surface area contributed by atoms with E-state index in [1.54, 1.807) is 46.9 Å². The largest absolute Gasteiger partial charge is 0.112 e. The molecule has 0 nitrogen and oxygen atoms in total. The van der Waals surface area contributed by atoms with E-state index in [4.69, 9.17) is 0 Å². The Bertz CT molecular complexity index is 2210. The third-order valence-electron chi connectivity index (χ3n) is 11.8. The molecule has 0 aromatic heterocycles. The summed E-state index contributed by atoms with van der Waals surface area (Å²) in [5.41, 5.74) is 5.66. The van der Waals surface area contributed by atoms with Crippen molar-refractivity contribution in [1.29, 1.82) is 0 Å². The highest BCUT2D eigenvalue weighted by Gasteiger charge is 2.43. The maximum absolute atomic E-state index is 2.63. The lowest BCUT2D eigenvalue weighted by Crippen LogP contribution is -2.69. The van der Waals surface area contributed by atoms with Gasteiger partial charge in [-0.3, -0.25) is 0 Å². The van der Waals surface area contributed by atoms with Gasteiger partial charge < -0.3 is 0 Å². The second-order valence-electron chi connectivity index (χ2n) is 15.8. The van der Waals surface area contributed by atoms with E-state index < -0.39 is 32.3 Å². The first kappa shape index (κ1) is 29.8. The summed E-state index contributed by atoms with van der Waals surface area (Å²) in [6.07, 6.45) is 0. The minimum absolute atomic E-state index is 1.38. The first-order valence-corrected chi connectivity index (χ1v) is 28.9. The molecule has 0 fully saturated rings. The molecule has 0 amide bonds. The average molecular weight is 661 g/mol. The van der Waals surface area contributed by atoms with E-state index in [2.05, 4.69) is 174 Å². The van der Waals surface area contributed by atoms with E-state index in [1.165, 1.54) is 27.6 Å². The highest BCUT2D eigenvalue weighted by molar-refractivity contribution is 7.13. The third-order valence-corrected chi connectivity index (χ3v) is 26.5. The van der Waals surface area contributed by atoms with Crippen LogP contribution in [0.5, 0.6) is 0 Å². The summed E-state index contributed by atoms with van der Waals surface area (Å²) in [5, 5.41) is 15.8. The predicted octanol–water partition coefficient (Wildman–Crippen LogP) is 6.09. The maximum atomic E-state index is 2.63. The molecule has 2 aliphatic rings. The van der Waals surface area contributed by atoms with Gasteiger partial charge in [-0.25, -0.2) is 0 Å². The Morgan fingerprint density at radius 1 is 0.304 bits per heavy atom. The summed E-state index contributed by atoms with van der Waals surface area (Å²) in [6.45, 7) is 20.7. The number of benzene rings is 6. The van der Waals surface area contributed by atoms with Gasteiger partial charge in [0.05, 0.1) is 0 Å². The summed E-state index contributed by atoms with van der Waals surface area (Å²) in [4.78, 5) is 0. The Morgan fingerprint density at radius 3 is 1.15 bits per heavy atom. The Labute approximate surface area is 279 Å². The van der Waals surface area contributed by atoms with Gasteiger partial charge in [0.15, 0.2) is 0 Å². The topological polar surface area (TPSA) is 0 Å². The Morgan fingerprint density at radius 2 is 0.674 bits per heavy atom. The number of hydrogen-bond donors (Lipinski definition) is 0. The van der Waals surface area contributed by atoms with Gasteiger partial charge in [-0.2, -0.15) is 0 Å². The van der Waals surface area contributed by atoms with Crippen molar-refractivity contribution in [2.45, 2.75) is 52.4 Å². The second kappa shape index (κ2) is 9.98. The van der Waals surface area contributed by atoms with Crippen LogP contribution < -0.4 is 41.5 Å². The molecule has 0 saturated heterocycles. The quantitative estimate of drug-likeness (QED) is 0.187. The second-order valence-corrected chi connectivity index (χ2v) is 33.1. The van der Waals surface area contributed by atoms with Crippen molar-refractivity contribution in [1.82, 2.24) is 0 Å². The van der Waals surface area contributed by atoms with E-state index in [0.717, 1.165) is 0 Å². The van der Waals surface area contributed by atoms with Crippen molar-refractivity contribution >= 4 is 84.6 Å². The van der Waals surface area contributed by atoms with Crippen molar-refractivity contribution in [3.8, 4) is 22.3 Å². The molecule has 46 heavy (non-hydrogen) atoms. The van der Waals surface area contributed by atoms with E-state index in [1.807, 2.05) is 0 Å². The molecule has 0 N–H and O–H groups in total. The van der Waals surface area contributed by atoms with E-state index in [0.29, 0.717) is 0 Å². The fourth-order valence-corrected chi connectivity index (χ4v) is 24.8. The van der Waals surface area contributed by atoms with Gasteiger partial charge in [0, 0.05) is 0 Å². The molecule has 8 rings (SSSR count). The molecule has 0 spiro atoms. The molecule has 6 aromatic rings. The Balaban J connectivity index is 1.37. The van der Waals surface area contributed by atoms with Gasteiger partial charge >= 0.3 is 0 Å². The lowest BCUT2D eigenvalue weighted by molar-refractivity contribution is 1.60. The van der Waals surface area contributed by atoms with Crippen molar-refractivity contribution < 1.29 is 0 Å². The lowest BCUT2D eigenvalue weighted by Gasteiger charge is -2.38.